The maximum Gasteiger partial charge on any atom is 0.263 e. The molecular formula is C18H13NO3. The van der Waals surface area contributed by atoms with Crippen LogP contribution in [-0.4, -0.2) is 15.9 Å². The van der Waals surface area contributed by atoms with Crippen LogP contribution >= 0.6 is 0 Å². The summed E-state index contributed by atoms with van der Waals surface area (Å²) in [5.74, 6) is -0.824. The van der Waals surface area contributed by atoms with E-state index < -0.39 is 11.3 Å². The summed E-state index contributed by atoms with van der Waals surface area (Å²) in [5.41, 5.74) is 0.492. The largest absolute Gasteiger partial charge is 0.506 e. The van der Waals surface area contributed by atoms with E-state index in [0.717, 1.165) is 5.56 Å². The van der Waals surface area contributed by atoms with Gasteiger partial charge < -0.3 is 10.1 Å². The smallest absolute Gasteiger partial charge is 0.263 e. The fourth-order valence-electron chi connectivity index (χ4n) is 2.27. The number of carbonyl (C=O) groups is 1. The van der Waals surface area contributed by atoms with Gasteiger partial charge in [-0.25, -0.2) is 0 Å². The van der Waals surface area contributed by atoms with Gasteiger partial charge in [-0.05, 0) is 23.8 Å². The summed E-state index contributed by atoms with van der Waals surface area (Å²) in [6, 6.07) is 16.1. The van der Waals surface area contributed by atoms with Gasteiger partial charge in [0.05, 0.1) is 5.52 Å². The quantitative estimate of drug-likeness (QED) is 0.575. The number of pyridine rings is 1. The lowest BCUT2D eigenvalue weighted by Gasteiger charge is -2.04. The Hall–Kier alpha value is -3.14. The number of hydrogen-bond donors (Lipinski definition) is 2. The van der Waals surface area contributed by atoms with Crippen LogP contribution in [0.2, 0.25) is 0 Å². The van der Waals surface area contributed by atoms with Crippen molar-refractivity contribution in [3.63, 3.8) is 0 Å². The summed E-state index contributed by atoms with van der Waals surface area (Å²) in [7, 11) is 0. The van der Waals surface area contributed by atoms with Crippen LogP contribution in [0.1, 0.15) is 15.9 Å². The summed E-state index contributed by atoms with van der Waals surface area (Å²) in [5, 5.41) is 10.7. The fourth-order valence-corrected chi connectivity index (χ4v) is 2.27. The number of fused-ring (bicyclic) bond motifs is 1. The molecule has 0 amide bonds. The van der Waals surface area contributed by atoms with Crippen molar-refractivity contribution in [2.24, 2.45) is 0 Å². The van der Waals surface area contributed by atoms with Crippen LogP contribution in [0.4, 0.5) is 0 Å². The van der Waals surface area contributed by atoms with E-state index in [4.69, 9.17) is 0 Å². The van der Waals surface area contributed by atoms with Gasteiger partial charge >= 0.3 is 0 Å². The highest BCUT2D eigenvalue weighted by Crippen LogP contribution is 2.24. The lowest BCUT2D eigenvalue weighted by molar-refractivity contribution is 0.104. The molecular weight excluding hydrogens is 278 g/mol. The average molecular weight is 291 g/mol. The number of aromatic nitrogens is 1. The second-order valence-electron chi connectivity index (χ2n) is 4.83. The van der Waals surface area contributed by atoms with Crippen LogP contribution < -0.4 is 5.56 Å². The molecule has 0 atom stereocenters. The maximum absolute atomic E-state index is 12.2. The first-order chi connectivity index (χ1) is 10.7. The van der Waals surface area contributed by atoms with Crippen LogP contribution in [0.15, 0.2) is 65.5 Å². The minimum Gasteiger partial charge on any atom is -0.506 e. The number of aromatic hydroxyl groups is 1. The predicted molar refractivity (Wildman–Crippen MR) is 86.0 cm³/mol. The zero-order valence-electron chi connectivity index (χ0n) is 11.6. The molecule has 1 heterocycles. The first-order valence-electron chi connectivity index (χ1n) is 6.78. The zero-order chi connectivity index (χ0) is 15.5. The molecule has 0 radical (unpaired) electrons. The number of hydrogen-bond acceptors (Lipinski definition) is 3. The number of carbonyl (C=O) groups excluding carboxylic acids is 1. The third-order valence-electron chi connectivity index (χ3n) is 3.37. The Morgan fingerprint density at radius 3 is 2.45 bits per heavy atom. The van der Waals surface area contributed by atoms with Gasteiger partial charge in [-0.2, -0.15) is 0 Å². The van der Waals surface area contributed by atoms with Gasteiger partial charge in [-0.15, -0.1) is 0 Å². The summed E-state index contributed by atoms with van der Waals surface area (Å²) < 4.78 is 0. The van der Waals surface area contributed by atoms with Crippen molar-refractivity contribution in [3.8, 4) is 5.75 Å². The molecule has 0 saturated heterocycles. The third kappa shape index (κ3) is 2.54. The highest BCUT2D eigenvalue weighted by molar-refractivity contribution is 6.10. The number of nitrogens with one attached hydrogen (secondary N) is 1. The molecule has 2 aromatic carbocycles. The number of ketones is 1. The molecule has 0 fully saturated rings. The maximum atomic E-state index is 12.2. The standard InChI is InChI=1S/C18H13NO3/c20-15(11-10-12-6-2-1-3-7-12)16-17(21)13-8-4-5-9-14(13)19-18(16)22/h1-11H,(H2,19,21,22). The van der Waals surface area contributed by atoms with E-state index in [1.54, 1.807) is 30.3 Å². The van der Waals surface area contributed by atoms with E-state index in [-0.39, 0.29) is 11.3 Å². The molecule has 108 valence electrons. The molecule has 1 aromatic heterocycles. The first kappa shape index (κ1) is 13.8. The van der Waals surface area contributed by atoms with Crippen molar-refractivity contribution >= 4 is 22.8 Å². The van der Waals surface area contributed by atoms with Crippen LogP contribution in [-0.2, 0) is 0 Å². The van der Waals surface area contributed by atoms with Crippen molar-refractivity contribution in [1.29, 1.82) is 0 Å². The Labute approximate surface area is 126 Å². The zero-order valence-corrected chi connectivity index (χ0v) is 11.6. The Balaban J connectivity index is 2.05. The molecule has 0 aliphatic carbocycles. The fraction of sp³-hybridized carbons (Fsp3) is 0. The number of benzene rings is 2. The van der Waals surface area contributed by atoms with Gasteiger partial charge in [0.1, 0.15) is 11.3 Å². The second kappa shape index (κ2) is 5.69. The van der Waals surface area contributed by atoms with Gasteiger partial charge in [0.15, 0.2) is 5.78 Å². The molecule has 0 bridgehead atoms. The normalized spacial score (nSPS) is 11.1. The lowest BCUT2D eigenvalue weighted by Crippen LogP contribution is -2.16. The molecule has 0 unspecified atom stereocenters. The second-order valence-corrected chi connectivity index (χ2v) is 4.83. The molecule has 0 saturated carbocycles. The topological polar surface area (TPSA) is 70.2 Å². The van der Waals surface area contributed by atoms with Crippen molar-refractivity contribution in [3.05, 3.63) is 82.2 Å². The van der Waals surface area contributed by atoms with Crippen LogP contribution in [0.25, 0.3) is 17.0 Å². The average Bonchev–Trinajstić information content (AvgIpc) is 2.54. The number of aromatic amines is 1. The van der Waals surface area contributed by atoms with E-state index in [2.05, 4.69) is 4.98 Å². The molecule has 4 nitrogen and oxygen atoms in total. The summed E-state index contributed by atoms with van der Waals surface area (Å²) >= 11 is 0. The van der Waals surface area contributed by atoms with E-state index in [0.29, 0.717) is 10.9 Å². The van der Waals surface area contributed by atoms with Crippen LogP contribution in [0.5, 0.6) is 5.75 Å². The van der Waals surface area contributed by atoms with Gasteiger partial charge in [0.25, 0.3) is 5.56 Å². The minimum atomic E-state index is -0.598. The van der Waals surface area contributed by atoms with E-state index >= 15 is 0 Å². The Kier molecular flexibility index (Phi) is 3.58. The Morgan fingerprint density at radius 1 is 1.00 bits per heavy atom. The van der Waals surface area contributed by atoms with Gasteiger partial charge in [-0.3, -0.25) is 9.59 Å². The number of para-hydroxylation sites is 1. The van der Waals surface area contributed by atoms with Crippen molar-refractivity contribution in [1.82, 2.24) is 4.98 Å². The third-order valence-corrected chi connectivity index (χ3v) is 3.37. The molecule has 0 aliphatic heterocycles. The van der Waals surface area contributed by atoms with E-state index in [1.165, 1.54) is 6.08 Å². The number of rotatable bonds is 3. The Bertz CT molecular complexity index is 924. The van der Waals surface area contributed by atoms with Gasteiger partial charge in [0.2, 0.25) is 0 Å². The molecule has 0 spiro atoms. The number of H-pyrrole nitrogens is 1. The number of allylic oxidation sites excluding steroid dienone is 1. The van der Waals surface area contributed by atoms with Gasteiger partial charge in [-0.1, -0.05) is 48.5 Å². The SMILES string of the molecule is O=C(C=Cc1ccccc1)c1c(O)c2ccccc2[nH]c1=O. The summed E-state index contributed by atoms with van der Waals surface area (Å²) in [4.78, 5) is 26.9. The molecule has 2 N–H and O–H groups in total. The van der Waals surface area contributed by atoms with E-state index in [9.17, 15) is 14.7 Å². The molecule has 3 rings (SSSR count). The van der Waals surface area contributed by atoms with Gasteiger partial charge in [0, 0.05) is 5.39 Å². The molecule has 22 heavy (non-hydrogen) atoms. The van der Waals surface area contributed by atoms with Crippen LogP contribution in [0.3, 0.4) is 0 Å². The first-order valence-corrected chi connectivity index (χ1v) is 6.78. The monoisotopic (exact) mass is 291 g/mol. The van der Waals surface area contributed by atoms with E-state index in [1.807, 2.05) is 30.3 Å². The van der Waals surface area contributed by atoms with Crippen molar-refractivity contribution < 1.29 is 9.90 Å². The minimum absolute atomic E-state index is 0.245. The molecule has 3 aromatic rings. The summed E-state index contributed by atoms with van der Waals surface area (Å²) in [6.45, 7) is 0. The van der Waals surface area contributed by atoms with Crippen molar-refractivity contribution in [2.75, 3.05) is 0 Å². The molecule has 0 aliphatic rings. The van der Waals surface area contributed by atoms with Crippen molar-refractivity contribution in [2.45, 2.75) is 0 Å². The molecule has 4 heteroatoms. The highest BCUT2D eigenvalue weighted by atomic mass is 16.3. The highest BCUT2D eigenvalue weighted by Gasteiger charge is 2.16. The van der Waals surface area contributed by atoms with Crippen LogP contribution in [0, 0.1) is 0 Å². The summed E-state index contributed by atoms with van der Waals surface area (Å²) in [6.07, 6.45) is 2.89. The Morgan fingerprint density at radius 2 is 1.68 bits per heavy atom. The lowest BCUT2D eigenvalue weighted by atomic mass is 10.1. The predicted octanol–water partition coefficient (Wildman–Crippen LogP) is 3.13.